The Balaban J connectivity index is 1.83. The van der Waals surface area contributed by atoms with Gasteiger partial charge in [0.15, 0.2) is 11.5 Å². The number of nitrogens with zero attached hydrogens (tertiary/aromatic N) is 3. The Morgan fingerprint density at radius 1 is 1.23 bits per heavy atom. The van der Waals surface area contributed by atoms with Crippen molar-refractivity contribution in [1.82, 2.24) is 14.8 Å². The van der Waals surface area contributed by atoms with E-state index >= 15 is 0 Å². The third-order valence-corrected chi connectivity index (χ3v) is 3.88. The Kier molecular flexibility index (Phi) is 4.22. The number of benzene rings is 1. The minimum absolute atomic E-state index is 0.0118. The van der Waals surface area contributed by atoms with Gasteiger partial charge in [-0.2, -0.15) is 0 Å². The third-order valence-electron chi connectivity index (χ3n) is 3.88. The number of likely N-dealkylation sites (N-methyl/N-ethyl adjacent to an activating group) is 1. The maximum Gasteiger partial charge on any atom is 0.358 e. The molecular formula is C16H19N3O3. The molecule has 3 rings (SSSR count). The van der Waals surface area contributed by atoms with Gasteiger partial charge in [-0.25, -0.2) is 9.78 Å². The summed E-state index contributed by atoms with van der Waals surface area (Å²) in [5.74, 6) is -0.256. The van der Waals surface area contributed by atoms with Crippen LogP contribution in [0.1, 0.15) is 16.2 Å². The van der Waals surface area contributed by atoms with Gasteiger partial charge in [0, 0.05) is 31.7 Å². The summed E-state index contributed by atoms with van der Waals surface area (Å²) in [4.78, 5) is 20.0. The summed E-state index contributed by atoms with van der Waals surface area (Å²) in [6, 6.07) is 9.37. The predicted molar refractivity (Wildman–Crippen MR) is 81.7 cm³/mol. The summed E-state index contributed by atoms with van der Waals surface area (Å²) >= 11 is 0. The van der Waals surface area contributed by atoms with Crippen molar-refractivity contribution in [2.24, 2.45) is 0 Å². The van der Waals surface area contributed by atoms with Crippen molar-refractivity contribution in [3.05, 3.63) is 41.8 Å². The molecule has 0 saturated carbocycles. The molecule has 6 heteroatoms. The van der Waals surface area contributed by atoms with E-state index in [1.807, 2.05) is 30.3 Å². The molecule has 1 aromatic carbocycles. The van der Waals surface area contributed by atoms with Gasteiger partial charge < -0.3 is 14.4 Å². The van der Waals surface area contributed by atoms with Crippen LogP contribution in [-0.4, -0.2) is 59.1 Å². The van der Waals surface area contributed by atoms with Crippen LogP contribution in [0, 0.1) is 0 Å². The first-order chi connectivity index (χ1) is 10.6. The molecule has 2 aromatic rings. The second-order valence-electron chi connectivity index (χ2n) is 5.54. The first-order valence-electron chi connectivity index (χ1n) is 7.33. The molecule has 22 heavy (non-hydrogen) atoms. The maximum absolute atomic E-state index is 11.4. The smallest absolute Gasteiger partial charge is 0.358 e. The average Bonchev–Trinajstić information content (AvgIpc) is 2.95. The number of aromatic carboxylic acids is 1. The third kappa shape index (κ3) is 3.18. The fourth-order valence-corrected chi connectivity index (χ4v) is 2.54. The average molecular weight is 301 g/mol. The van der Waals surface area contributed by atoms with E-state index in [9.17, 15) is 9.90 Å². The molecule has 0 unspecified atom stereocenters. The highest BCUT2D eigenvalue weighted by molar-refractivity contribution is 5.87. The van der Waals surface area contributed by atoms with Gasteiger partial charge in [-0.1, -0.05) is 18.2 Å². The van der Waals surface area contributed by atoms with E-state index in [1.165, 1.54) is 0 Å². The van der Waals surface area contributed by atoms with Crippen LogP contribution in [0.4, 0.5) is 0 Å². The normalized spacial score (nSPS) is 16.8. The van der Waals surface area contributed by atoms with Crippen molar-refractivity contribution >= 4 is 5.97 Å². The number of carboxylic acid groups (broad SMARTS) is 1. The molecule has 1 N–H and O–H groups in total. The second-order valence-corrected chi connectivity index (χ2v) is 5.54. The van der Waals surface area contributed by atoms with Crippen LogP contribution in [0.3, 0.4) is 0 Å². The van der Waals surface area contributed by atoms with Crippen LogP contribution in [0.5, 0.6) is 0 Å². The zero-order chi connectivity index (χ0) is 15.5. The van der Waals surface area contributed by atoms with Crippen molar-refractivity contribution in [2.75, 3.05) is 33.2 Å². The Morgan fingerprint density at radius 2 is 1.91 bits per heavy atom. The van der Waals surface area contributed by atoms with Crippen LogP contribution in [0.25, 0.3) is 11.5 Å². The number of rotatable bonds is 4. The van der Waals surface area contributed by atoms with Crippen LogP contribution >= 0.6 is 0 Å². The SMILES string of the molecule is CN1CCN(Cc2oc(-c3ccccc3)nc2C(=O)O)CC1. The Hall–Kier alpha value is -2.18. The molecule has 0 atom stereocenters. The van der Waals surface area contributed by atoms with Crippen molar-refractivity contribution in [2.45, 2.75) is 6.54 Å². The molecule has 1 saturated heterocycles. The van der Waals surface area contributed by atoms with Gasteiger partial charge in [0.1, 0.15) is 0 Å². The monoisotopic (exact) mass is 301 g/mol. The molecule has 0 aliphatic carbocycles. The summed E-state index contributed by atoms with van der Waals surface area (Å²) in [7, 11) is 2.09. The second kappa shape index (κ2) is 6.29. The number of hydrogen-bond donors (Lipinski definition) is 1. The molecule has 0 spiro atoms. The van der Waals surface area contributed by atoms with Gasteiger partial charge in [0.2, 0.25) is 5.89 Å². The molecule has 1 fully saturated rings. The van der Waals surface area contributed by atoms with E-state index in [4.69, 9.17) is 4.42 Å². The number of carbonyl (C=O) groups is 1. The van der Waals surface area contributed by atoms with Gasteiger partial charge in [0.05, 0.1) is 6.54 Å². The fourth-order valence-electron chi connectivity index (χ4n) is 2.54. The fraction of sp³-hybridized carbons (Fsp3) is 0.375. The lowest BCUT2D eigenvalue weighted by Crippen LogP contribution is -2.44. The van der Waals surface area contributed by atoms with E-state index in [-0.39, 0.29) is 5.69 Å². The zero-order valence-electron chi connectivity index (χ0n) is 12.5. The Morgan fingerprint density at radius 3 is 2.55 bits per heavy atom. The van der Waals surface area contributed by atoms with Crippen LogP contribution < -0.4 is 0 Å². The summed E-state index contributed by atoms with van der Waals surface area (Å²) in [5.41, 5.74) is 0.799. The zero-order valence-corrected chi connectivity index (χ0v) is 12.5. The van der Waals surface area contributed by atoms with Crippen LogP contribution in [-0.2, 0) is 6.54 Å². The lowest BCUT2D eigenvalue weighted by molar-refractivity contribution is 0.0685. The van der Waals surface area contributed by atoms with E-state index in [0.29, 0.717) is 18.2 Å². The number of hydrogen-bond acceptors (Lipinski definition) is 5. The van der Waals surface area contributed by atoms with Gasteiger partial charge >= 0.3 is 5.97 Å². The van der Waals surface area contributed by atoms with Gasteiger partial charge in [0.25, 0.3) is 0 Å². The van der Waals surface area contributed by atoms with Gasteiger partial charge in [-0.3, -0.25) is 4.90 Å². The maximum atomic E-state index is 11.4. The molecule has 0 bridgehead atoms. The van der Waals surface area contributed by atoms with Crippen LogP contribution in [0.2, 0.25) is 0 Å². The lowest BCUT2D eigenvalue weighted by Gasteiger charge is -2.31. The van der Waals surface area contributed by atoms with Crippen molar-refractivity contribution in [1.29, 1.82) is 0 Å². The number of oxazole rings is 1. The lowest BCUT2D eigenvalue weighted by atomic mass is 10.2. The molecule has 1 aliphatic heterocycles. The highest BCUT2D eigenvalue weighted by atomic mass is 16.4. The molecule has 1 aliphatic rings. The highest BCUT2D eigenvalue weighted by Crippen LogP contribution is 2.23. The van der Waals surface area contributed by atoms with E-state index < -0.39 is 5.97 Å². The minimum atomic E-state index is -1.05. The summed E-state index contributed by atoms with van der Waals surface area (Å²) in [5, 5.41) is 9.35. The first kappa shape index (κ1) is 14.7. The molecule has 0 amide bonds. The summed E-state index contributed by atoms with van der Waals surface area (Å²) < 4.78 is 5.74. The predicted octanol–water partition coefficient (Wildman–Crippen LogP) is 1.79. The number of piperazine rings is 1. The molecular weight excluding hydrogens is 282 g/mol. The van der Waals surface area contributed by atoms with Crippen molar-refractivity contribution in [3.8, 4) is 11.5 Å². The number of carboxylic acids is 1. The van der Waals surface area contributed by atoms with E-state index in [0.717, 1.165) is 31.7 Å². The minimum Gasteiger partial charge on any atom is -0.476 e. The Bertz CT molecular complexity index is 646. The van der Waals surface area contributed by atoms with Crippen LogP contribution in [0.15, 0.2) is 34.7 Å². The topological polar surface area (TPSA) is 69.8 Å². The quantitative estimate of drug-likeness (QED) is 0.928. The summed E-state index contributed by atoms with van der Waals surface area (Å²) in [6.07, 6.45) is 0. The molecule has 6 nitrogen and oxygen atoms in total. The van der Waals surface area contributed by atoms with Crippen molar-refractivity contribution < 1.29 is 14.3 Å². The van der Waals surface area contributed by atoms with E-state index in [2.05, 4.69) is 21.8 Å². The van der Waals surface area contributed by atoms with Gasteiger partial charge in [-0.15, -0.1) is 0 Å². The highest BCUT2D eigenvalue weighted by Gasteiger charge is 2.23. The summed E-state index contributed by atoms with van der Waals surface area (Å²) in [6.45, 7) is 4.23. The molecule has 116 valence electrons. The molecule has 0 radical (unpaired) electrons. The standard InChI is InChI=1S/C16H19N3O3/c1-18-7-9-19(10-8-18)11-13-14(16(20)21)17-15(22-13)12-5-3-2-4-6-12/h2-6H,7-11H2,1H3,(H,20,21). The van der Waals surface area contributed by atoms with Crippen molar-refractivity contribution in [3.63, 3.8) is 0 Å². The van der Waals surface area contributed by atoms with Gasteiger partial charge in [-0.05, 0) is 19.2 Å². The molecule has 1 aromatic heterocycles. The first-order valence-corrected chi connectivity index (χ1v) is 7.33. The van der Waals surface area contributed by atoms with E-state index in [1.54, 1.807) is 0 Å². The molecule has 2 heterocycles. The Labute approximate surface area is 129 Å². The number of aromatic nitrogens is 1. The largest absolute Gasteiger partial charge is 0.476 e.